The molecule has 0 aliphatic rings. The van der Waals surface area contributed by atoms with Crippen LogP contribution in [0.15, 0.2) is 59.5 Å². The van der Waals surface area contributed by atoms with Gasteiger partial charge in [-0.25, -0.2) is 8.42 Å². The molecule has 0 saturated carbocycles. The van der Waals surface area contributed by atoms with E-state index in [1.165, 1.54) is 12.1 Å². The van der Waals surface area contributed by atoms with Crippen LogP contribution >= 0.6 is 0 Å². The number of amides is 1. The van der Waals surface area contributed by atoms with E-state index in [4.69, 9.17) is 0 Å². The van der Waals surface area contributed by atoms with E-state index in [2.05, 4.69) is 5.32 Å². The van der Waals surface area contributed by atoms with E-state index in [1.54, 1.807) is 19.1 Å². The zero-order chi connectivity index (χ0) is 16.9. The molecule has 1 atom stereocenters. The first-order chi connectivity index (χ1) is 10.9. The normalized spacial score (nSPS) is 12.6. The highest BCUT2D eigenvalue weighted by molar-refractivity contribution is 7.91. The first-order valence-electron chi connectivity index (χ1n) is 7.60. The van der Waals surface area contributed by atoms with E-state index in [-0.39, 0.29) is 22.5 Å². The number of carbonyl (C=O) groups is 1. The summed E-state index contributed by atoms with van der Waals surface area (Å²) in [5, 5.41) is 2.88. The Labute approximate surface area is 137 Å². The van der Waals surface area contributed by atoms with Gasteiger partial charge in [0.2, 0.25) is 0 Å². The second-order valence-electron chi connectivity index (χ2n) is 5.45. The van der Waals surface area contributed by atoms with Gasteiger partial charge in [0.1, 0.15) is 0 Å². The van der Waals surface area contributed by atoms with E-state index >= 15 is 0 Å². The Bertz CT molecular complexity index is 753. The molecule has 0 radical (unpaired) electrons. The predicted molar refractivity (Wildman–Crippen MR) is 91.4 cm³/mol. The second kappa shape index (κ2) is 7.42. The fraction of sp³-hybridized carbons (Fsp3) is 0.278. The van der Waals surface area contributed by atoms with Crippen molar-refractivity contribution in [3.8, 4) is 0 Å². The van der Waals surface area contributed by atoms with E-state index in [9.17, 15) is 13.2 Å². The summed E-state index contributed by atoms with van der Waals surface area (Å²) < 4.78 is 23.5. The number of carbonyl (C=O) groups excluding carboxylic acids is 1. The molecule has 0 aliphatic heterocycles. The second-order valence-corrected chi connectivity index (χ2v) is 7.73. The van der Waals surface area contributed by atoms with E-state index in [0.29, 0.717) is 12.1 Å². The molecular weight excluding hydrogens is 310 g/mol. The van der Waals surface area contributed by atoms with Crippen molar-refractivity contribution < 1.29 is 13.2 Å². The van der Waals surface area contributed by atoms with Crippen molar-refractivity contribution in [1.82, 2.24) is 5.32 Å². The molecular formula is C18H21NO3S. The van der Waals surface area contributed by atoms with Crippen LogP contribution in [0, 0.1) is 0 Å². The fourth-order valence-electron chi connectivity index (χ4n) is 2.23. The number of sulfone groups is 1. The maximum absolute atomic E-state index is 12.2. The molecule has 1 amide bonds. The SMILES string of the molecule is CCS(=O)(=O)c1ccc(C(=O)NC[C@@H](C)c2ccccc2)cc1. The Balaban J connectivity index is 1.99. The van der Waals surface area contributed by atoms with Gasteiger partial charge in [-0.2, -0.15) is 0 Å². The first-order valence-corrected chi connectivity index (χ1v) is 9.25. The molecule has 2 aromatic rings. The molecule has 23 heavy (non-hydrogen) atoms. The minimum absolute atomic E-state index is 0.0487. The molecule has 0 saturated heterocycles. The standard InChI is InChI=1S/C18H21NO3S/c1-3-23(21,22)17-11-9-16(10-12-17)18(20)19-13-14(2)15-7-5-4-6-8-15/h4-12,14H,3,13H2,1-2H3,(H,19,20)/t14-/m1/s1. The van der Waals surface area contributed by atoms with Crippen LogP contribution in [-0.2, 0) is 9.84 Å². The number of hydrogen-bond acceptors (Lipinski definition) is 3. The summed E-state index contributed by atoms with van der Waals surface area (Å²) in [6.07, 6.45) is 0. The molecule has 2 aromatic carbocycles. The molecule has 0 bridgehead atoms. The molecule has 0 fully saturated rings. The lowest BCUT2D eigenvalue weighted by atomic mass is 10.0. The largest absolute Gasteiger partial charge is 0.351 e. The summed E-state index contributed by atoms with van der Waals surface area (Å²) in [5.74, 6) is 0.0563. The Hall–Kier alpha value is -2.14. The summed E-state index contributed by atoms with van der Waals surface area (Å²) in [5.41, 5.74) is 1.62. The highest BCUT2D eigenvalue weighted by Gasteiger charge is 2.13. The van der Waals surface area contributed by atoms with Gasteiger partial charge < -0.3 is 5.32 Å². The highest BCUT2D eigenvalue weighted by atomic mass is 32.2. The molecule has 0 aliphatic carbocycles. The number of rotatable bonds is 6. The monoisotopic (exact) mass is 331 g/mol. The van der Waals surface area contributed by atoms with Crippen LogP contribution in [-0.4, -0.2) is 26.6 Å². The van der Waals surface area contributed by atoms with Crippen molar-refractivity contribution in [3.05, 3.63) is 65.7 Å². The summed E-state index contributed by atoms with van der Waals surface area (Å²) in [6, 6.07) is 16.0. The van der Waals surface area contributed by atoms with Crippen LogP contribution in [0.4, 0.5) is 0 Å². The molecule has 2 rings (SSSR count). The number of hydrogen-bond donors (Lipinski definition) is 1. The lowest BCUT2D eigenvalue weighted by Gasteiger charge is -2.13. The van der Waals surface area contributed by atoms with Gasteiger partial charge in [-0.1, -0.05) is 44.2 Å². The van der Waals surface area contributed by atoms with Gasteiger partial charge in [-0.15, -0.1) is 0 Å². The smallest absolute Gasteiger partial charge is 0.251 e. The van der Waals surface area contributed by atoms with Crippen molar-refractivity contribution >= 4 is 15.7 Å². The van der Waals surface area contributed by atoms with Crippen molar-refractivity contribution in [1.29, 1.82) is 0 Å². The Kier molecular flexibility index (Phi) is 5.55. The van der Waals surface area contributed by atoms with Crippen LogP contribution in [0.25, 0.3) is 0 Å². The molecule has 5 heteroatoms. The minimum Gasteiger partial charge on any atom is -0.351 e. The van der Waals surface area contributed by atoms with Crippen molar-refractivity contribution in [2.75, 3.05) is 12.3 Å². The minimum atomic E-state index is -3.23. The quantitative estimate of drug-likeness (QED) is 0.885. The van der Waals surface area contributed by atoms with Crippen LogP contribution in [0.3, 0.4) is 0 Å². The third-order valence-corrected chi connectivity index (χ3v) is 5.54. The van der Waals surface area contributed by atoms with Gasteiger partial charge in [-0.3, -0.25) is 4.79 Å². The highest BCUT2D eigenvalue weighted by Crippen LogP contribution is 2.14. The van der Waals surface area contributed by atoms with E-state index in [0.717, 1.165) is 5.56 Å². The average molecular weight is 331 g/mol. The first kappa shape index (κ1) is 17.2. The number of nitrogens with one attached hydrogen (secondary N) is 1. The average Bonchev–Trinajstić information content (AvgIpc) is 2.60. The maximum atomic E-state index is 12.2. The maximum Gasteiger partial charge on any atom is 0.251 e. The molecule has 0 spiro atoms. The molecule has 1 N–H and O–H groups in total. The van der Waals surface area contributed by atoms with Gasteiger partial charge in [0.25, 0.3) is 5.91 Å². The molecule has 0 aromatic heterocycles. The van der Waals surface area contributed by atoms with Gasteiger partial charge >= 0.3 is 0 Å². The van der Waals surface area contributed by atoms with Gasteiger partial charge in [-0.05, 0) is 35.7 Å². The van der Waals surface area contributed by atoms with Crippen molar-refractivity contribution in [3.63, 3.8) is 0 Å². The Morgan fingerprint density at radius 2 is 1.65 bits per heavy atom. The molecule has 4 nitrogen and oxygen atoms in total. The third kappa shape index (κ3) is 4.42. The lowest BCUT2D eigenvalue weighted by molar-refractivity contribution is 0.0951. The summed E-state index contributed by atoms with van der Waals surface area (Å²) in [7, 11) is -3.23. The summed E-state index contributed by atoms with van der Waals surface area (Å²) >= 11 is 0. The van der Waals surface area contributed by atoms with Gasteiger partial charge in [0, 0.05) is 12.1 Å². The van der Waals surface area contributed by atoms with Crippen molar-refractivity contribution in [2.24, 2.45) is 0 Å². The topological polar surface area (TPSA) is 63.2 Å². The van der Waals surface area contributed by atoms with Crippen LogP contribution in [0.2, 0.25) is 0 Å². The van der Waals surface area contributed by atoms with E-state index < -0.39 is 9.84 Å². The van der Waals surface area contributed by atoms with E-state index in [1.807, 2.05) is 37.3 Å². The Morgan fingerprint density at radius 1 is 1.04 bits per heavy atom. The number of benzene rings is 2. The van der Waals surface area contributed by atoms with Crippen LogP contribution in [0.1, 0.15) is 35.7 Å². The summed E-state index contributed by atoms with van der Waals surface area (Å²) in [4.78, 5) is 12.4. The molecule has 122 valence electrons. The fourth-order valence-corrected chi connectivity index (χ4v) is 3.11. The molecule has 0 heterocycles. The van der Waals surface area contributed by atoms with Gasteiger partial charge in [0.15, 0.2) is 9.84 Å². The van der Waals surface area contributed by atoms with Crippen molar-refractivity contribution in [2.45, 2.75) is 24.7 Å². The van der Waals surface area contributed by atoms with Crippen LogP contribution < -0.4 is 5.32 Å². The summed E-state index contributed by atoms with van der Waals surface area (Å²) in [6.45, 7) is 4.17. The lowest BCUT2D eigenvalue weighted by Crippen LogP contribution is -2.27. The van der Waals surface area contributed by atoms with Crippen LogP contribution in [0.5, 0.6) is 0 Å². The third-order valence-electron chi connectivity index (χ3n) is 3.79. The van der Waals surface area contributed by atoms with Gasteiger partial charge in [0.05, 0.1) is 10.6 Å². The zero-order valence-corrected chi connectivity index (χ0v) is 14.1. The molecule has 0 unspecified atom stereocenters. The zero-order valence-electron chi connectivity index (χ0n) is 13.3. The predicted octanol–water partition coefficient (Wildman–Crippen LogP) is 3.01. The Morgan fingerprint density at radius 3 is 2.22 bits per heavy atom.